The van der Waals surface area contributed by atoms with Crippen LogP contribution in [-0.2, 0) is 0 Å². The second-order valence-electron chi connectivity index (χ2n) is 5.91. The van der Waals surface area contributed by atoms with Crippen molar-refractivity contribution in [3.05, 3.63) is 66.2 Å². The van der Waals surface area contributed by atoms with E-state index in [2.05, 4.69) is 47.9 Å². The van der Waals surface area contributed by atoms with E-state index in [4.69, 9.17) is 9.47 Å². The number of ether oxygens (including phenoxy) is 2. The quantitative estimate of drug-likeness (QED) is 0.524. The molecular formula is C21H19NO2. The molecule has 3 aromatic carbocycles. The predicted octanol–water partition coefficient (Wildman–Crippen LogP) is 5.11. The molecule has 1 heterocycles. The van der Waals surface area contributed by atoms with E-state index in [1.54, 1.807) is 14.2 Å². The van der Waals surface area contributed by atoms with Gasteiger partial charge in [0.15, 0.2) is 0 Å². The van der Waals surface area contributed by atoms with Gasteiger partial charge in [-0.15, -0.1) is 0 Å². The SMILES string of the molecule is COc1ccc2c3cc(C)ccc3n(-c3ccccc3OC)c2c1. The summed E-state index contributed by atoms with van der Waals surface area (Å²) in [5, 5.41) is 2.44. The molecule has 0 saturated carbocycles. The number of hydrogen-bond acceptors (Lipinski definition) is 2. The molecule has 0 radical (unpaired) electrons. The molecule has 0 aliphatic carbocycles. The highest BCUT2D eigenvalue weighted by Gasteiger charge is 2.15. The molecule has 0 aliphatic heterocycles. The highest BCUT2D eigenvalue weighted by molar-refractivity contribution is 6.10. The maximum Gasteiger partial charge on any atom is 0.142 e. The zero-order chi connectivity index (χ0) is 16.7. The van der Waals surface area contributed by atoms with Crippen LogP contribution in [0.2, 0.25) is 0 Å². The number of aromatic nitrogens is 1. The minimum absolute atomic E-state index is 0.846. The summed E-state index contributed by atoms with van der Waals surface area (Å²) in [7, 11) is 3.40. The molecule has 0 atom stereocenters. The van der Waals surface area contributed by atoms with Crippen molar-refractivity contribution in [3.63, 3.8) is 0 Å². The Morgan fingerprint density at radius 3 is 2.38 bits per heavy atom. The molecule has 3 heteroatoms. The van der Waals surface area contributed by atoms with Gasteiger partial charge < -0.3 is 14.0 Å². The second-order valence-corrected chi connectivity index (χ2v) is 5.91. The summed E-state index contributed by atoms with van der Waals surface area (Å²) >= 11 is 0. The van der Waals surface area contributed by atoms with Crippen LogP contribution in [0.3, 0.4) is 0 Å². The maximum atomic E-state index is 5.60. The Morgan fingerprint density at radius 1 is 0.750 bits per heavy atom. The smallest absolute Gasteiger partial charge is 0.142 e. The van der Waals surface area contributed by atoms with Crippen LogP contribution in [0.15, 0.2) is 60.7 Å². The van der Waals surface area contributed by atoms with Gasteiger partial charge in [-0.25, -0.2) is 0 Å². The van der Waals surface area contributed by atoms with Crippen LogP contribution in [0.4, 0.5) is 0 Å². The molecule has 0 fully saturated rings. The van der Waals surface area contributed by atoms with Gasteiger partial charge in [0.1, 0.15) is 11.5 Å². The maximum absolute atomic E-state index is 5.60. The molecule has 120 valence electrons. The van der Waals surface area contributed by atoms with Crippen LogP contribution in [0.5, 0.6) is 11.5 Å². The fraction of sp³-hybridized carbons (Fsp3) is 0.143. The molecule has 0 amide bonds. The van der Waals surface area contributed by atoms with Gasteiger partial charge in [0.25, 0.3) is 0 Å². The van der Waals surface area contributed by atoms with Crippen molar-refractivity contribution in [1.29, 1.82) is 0 Å². The third kappa shape index (κ3) is 2.13. The summed E-state index contributed by atoms with van der Waals surface area (Å²) in [5.41, 5.74) is 4.54. The van der Waals surface area contributed by atoms with Gasteiger partial charge >= 0.3 is 0 Å². The molecule has 0 saturated heterocycles. The third-order valence-electron chi connectivity index (χ3n) is 4.46. The van der Waals surface area contributed by atoms with E-state index in [1.807, 2.05) is 24.3 Å². The number of fused-ring (bicyclic) bond motifs is 3. The van der Waals surface area contributed by atoms with Gasteiger partial charge in [0, 0.05) is 16.8 Å². The lowest BCUT2D eigenvalue weighted by atomic mass is 10.1. The average molecular weight is 317 g/mol. The van der Waals surface area contributed by atoms with Crippen molar-refractivity contribution in [2.24, 2.45) is 0 Å². The number of para-hydroxylation sites is 2. The standard InChI is InChI=1S/C21H19NO2/c1-14-8-11-18-17(12-14)16-10-9-15(23-2)13-20(16)22(18)19-6-4-5-7-21(19)24-3/h4-13H,1-3H3. The first-order valence-electron chi connectivity index (χ1n) is 7.95. The first kappa shape index (κ1) is 14.6. The monoisotopic (exact) mass is 317 g/mol. The number of hydrogen-bond donors (Lipinski definition) is 0. The Labute approximate surface area is 141 Å². The molecule has 0 bridgehead atoms. The summed E-state index contributed by atoms with van der Waals surface area (Å²) in [4.78, 5) is 0. The lowest BCUT2D eigenvalue weighted by molar-refractivity contribution is 0.413. The van der Waals surface area contributed by atoms with Crippen LogP contribution in [-0.4, -0.2) is 18.8 Å². The van der Waals surface area contributed by atoms with E-state index in [1.165, 1.54) is 16.3 Å². The van der Waals surface area contributed by atoms with Gasteiger partial charge in [0.2, 0.25) is 0 Å². The number of benzene rings is 3. The molecular weight excluding hydrogens is 298 g/mol. The van der Waals surface area contributed by atoms with Crippen molar-refractivity contribution in [2.45, 2.75) is 6.92 Å². The third-order valence-corrected chi connectivity index (χ3v) is 4.46. The van der Waals surface area contributed by atoms with Crippen molar-refractivity contribution in [3.8, 4) is 17.2 Å². The second kappa shape index (κ2) is 5.60. The van der Waals surface area contributed by atoms with Gasteiger partial charge in [-0.2, -0.15) is 0 Å². The van der Waals surface area contributed by atoms with Crippen LogP contribution in [0.1, 0.15) is 5.56 Å². The molecule has 0 aliphatic rings. The Hall–Kier alpha value is -2.94. The zero-order valence-corrected chi connectivity index (χ0v) is 14.0. The summed E-state index contributed by atoms with van der Waals surface area (Å²) in [5.74, 6) is 1.69. The summed E-state index contributed by atoms with van der Waals surface area (Å²) in [6, 6.07) is 20.9. The lowest BCUT2D eigenvalue weighted by Crippen LogP contribution is -1.97. The topological polar surface area (TPSA) is 23.4 Å². The van der Waals surface area contributed by atoms with Crippen molar-refractivity contribution < 1.29 is 9.47 Å². The Balaban J connectivity index is 2.19. The number of aryl methyl sites for hydroxylation is 1. The van der Waals surface area contributed by atoms with Gasteiger partial charge in [-0.1, -0.05) is 23.8 Å². The molecule has 4 aromatic rings. The van der Waals surface area contributed by atoms with Crippen LogP contribution < -0.4 is 9.47 Å². The minimum Gasteiger partial charge on any atom is -0.497 e. The normalized spacial score (nSPS) is 11.1. The Morgan fingerprint density at radius 2 is 1.58 bits per heavy atom. The molecule has 24 heavy (non-hydrogen) atoms. The van der Waals surface area contributed by atoms with Crippen LogP contribution in [0.25, 0.3) is 27.5 Å². The van der Waals surface area contributed by atoms with Crippen molar-refractivity contribution in [1.82, 2.24) is 4.57 Å². The predicted molar refractivity (Wildman–Crippen MR) is 98.6 cm³/mol. The molecule has 3 nitrogen and oxygen atoms in total. The van der Waals surface area contributed by atoms with Gasteiger partial charge in [0.05, 0.1) is 30.9 Å². The first-order chi connectivity index (χ1) is 11.7. The molecule has 1 aromatic heterocycles. The highest BCUT2D eigenvalue weighted by atomic mass is 16.5. The zero-order valence-electron chi connectivity index (χ0n) is 14.0. The van der Waals surface area contributed by atoms with E-state index in [-0.39, 0.29) is 0 Å². The largest absolute Gasteiger partial charge is 0.497 e. The average Bonchev–Trinajstić information content (AvgIpc) is 2.94. The number of nitrogens with zero attached hydrogens (tertiary/aromatic N) is 1. The van der Waals surface area contributed by atoms with Gasteiger partial charge in [-0.3, -0.25) is 0 Å². The van der Waals surface area contributed by atoms with E-state index in [0.29, 0.717) is 0 Å². The fourth-order valence-electron chi connectivity index (χ4n) is 3.32. The molecule has 0 unspecified atom stereocenters. The number of rotatable bonds is 3. The summed E-state index contributed by atoms with van der Waals surface area (Å²) < 4.78 is 13.3. The Bertz CT molecular complexity index is 1050. The van der Waals surface area contributed by atoms with E-state index < -0.39 is 0 Å². The summed E-state index contributed by atoms with van der Waals surface area (Å²) in [6.45, 7) is 2.12. The fourth-order valence-corrected chi connectivity index (χ4v) is 3.32. The molecule has 0 spiro atoms. The molecule has 4 rings (SSSR count). The van der Waals surface area contributed by atoms with Gasteiger partial charge in [-0.05, 0) is 43.3 Å². The van der Waals surface area contributed by atoms with Crippen LogP contribution in [0, 0.1) is 6.92 Å². The Kier molecular flexibility index (Phi) is 3.42. The lowest BCUT2D eigenvalue weighted by Gasteiger charge is -2.12. The van der Waals surface area contributed by atoms with Crippen molar-refractivity contribution >= 4 is 21.8 Å². The minimum atomic E-state index is 0.846. The summed E-state index contributed by atoms with van der Waals surface area (Å²) in [6.07, 6.45) is 0. The van der Waals surface area contributed by atoms with Crippen LogP contribution >= 0.6 is 0 Å². The number of methoxy groups -OCH3 is 2. The molecule has 0 N–H and O–H groups in total. The first-order valence-corrected chi connectivity index (χ1v) is 7.95. The van der Waals surface area contributed by atoms with Crippen molar-refractivity contribution in [2.75, 3.05) is 14.2 Å². The van der Waals surface area contributed by atoms with E-state index in [0.717, 1.165) is 28.2 Å². The van der Waals surface area contributed by atoms with E-state index in [9.17, 15) is 0 Å². The highest BCUT2D eigenvalue weighted by Crippen LogP contribution is 2.37. The van der Waals surface area contributed by atoms with E-state index >= 15 is 0 Å².